The van der Waals surface area contributed by atoms with Gasteiger partial charge in [-0.2, -0.15) is 0 Å². The molecule has 0 aliphatic heterocycles. The third kappa shape index (κ3) is 18.3. The summed E-state index contributed by atoms with van der Waals surface area (Å²) in [5, 5.41) is 14.2. The van der Waals surface area contributed by atoms with Gasteiger partial charge < -0.3 is 46.2 Å². The summed E-state index contributed by atoms with van der Waals surface area (Å²) in [6.07, 6.45) is 1.13. The zero-order valence-corrected chi connectivity index (χ0v) is 39.1. The molecule has 65 heavy (non-hydrogen) atoms. The van der Waals surface area contributed by atoms with Crippen LogP contribution in [-0.4, -0.2) is 88.3 Å². The largest absolute Gasteiger partial charge is 0.488 e. The van der Waals surface area contributed by atoms with Crippen LogP contribution in [0.3, 0.4) is 0 Å². The van der Waals surface area contributed by atoms with Crippen molar-refractivity contribution < 1.29 is 43.0 Å². The lowest BCUT2D eigenvalue weighted by atomic mass is 10.0. The number of aromatic nitrogens is 1. The third-order valence-corrected chi connectivity index (χ3v) is 9.63. The molecule has 0 saturated heterocycles. The number of rotatable bonds is 19. The molecular formula is C49H67N7O9. The summed E-state index contributed by atoms with van der Waals surface area (Å²) in [6, 6.07) is 19.1. The van der Waals surface area contributed by atoms with Crippen molar-refractivity contribution in [2.75, 3.05) is 6.54 Å². The maximum absolute atomic E-state index is 14.5. The second kappa shape index (κ2) is 23.0. The topological polar surface area (TPSA) is 232 Å². The molecule has 0 aliphatic carbocycles. The van der Waals surface area contributed by atoms with Crippen molar-refractivity contribution in [3.05, 3.63) is 102 Å². The molecule has 0 saturated carbocycles. The zero-order valence-electron chi connectivity index (χ0n) is 39.1. The number of hydrogen-bond donors (Lipinski definition) is 7. The molecule has 0 unspecified atom stereocenters. The molecule has 0 bridgehead atoms. The number of hydrogen-bond acceptors (Lipinski definition) is 10. The molecular weight excluding hydrogens is 831 g/mol. The van der Waals surface area contributed by atoms with Gasteiger partial charge in [0.1, 0.15) is 40.7 Å². The van der Waals surface area contributed by atoms with Crippen molar-refractivity contribution in [1.82, 2.24) is 31.6 Å². The van der Waals surface area contributed by atoms with Crippen molar-refractivity contribution in [3.8, 4) is 5.75 Å². The van der Waals surface area contributed by atoms with Crippen LogP contribution in [0.4, 0.5) is 9.59 Å². The highest BCUT2D eigenvalue weighted by Gasteiger charge is 2.32. The molecule has 0 aliphatic rings. The van der Waals surface area contributed by atoms with E-state index in [0.717, 1.165) is 16.5 Å². The van der Waals surface area contributed by atoms with Gasteiger partial charge in [0.05, 0.1) is 6.04 Å². The van der Waals surface area contributed by atoms with Gasteiger partial charge in [0.25, 0.3) is 5.91 Å². The van der Waals surface area contributed by atoms with Gasteiger partial charge in [-0.05, 0) is 123 Å². The first-order chi connectivity index (χ1) is 30.4. The summed E-state index contributed by atoms with van der Waals surface area (Å²) < 4.78 is 16.7. The van der Waals surface area contributed by atoms with E-state index >= 15 is 0 Å². The minimum absolute atomic E-state index is 0.0288. The summed E-state index contributed by atoms with van der Waals surface area (Å²) in [5.41, 5.74) is 7.34. The maximum atomic E-state index is 14.5. The summed E-state index contributed by atoms with van der Waals surface area (Å²) in [7, 11) is 0. The SMILES string of the molecule is CC(C)(C)OC(=O)NCCCC[C@H](NC(=O)[C@H](Cc1ccc(OC(C)(C)C)cc1)NC(=O)[C@@H](N)Cc1ccccc1)C(=O)N[C@@H](Cc1c[nH]c2ccccc12)C(=O)NC(=O)OC(C)(C)C. The first kappa shape index (κ1) is 51.2. The average Bonchev–Trinajstić information content (AvgIpc) is 3.61. The van der Waals surface area contributed by atoms with Gasteiger partial charge in [-0.25, -0.2) is 9.59 Å². The molecule has 1 aromatic heterocycles. The number of unbranched alkanes of at least 4 members (excludes halogenated alkanes) is 1. The fourth-order valence-corrected chi connectivity index (χ4v) is 6.74. The molecule has 0 fully saturated rings. The van der Waals surface area contributed by atoms with Crippen molar-refractivity contribution in [1.29, 1.82) is 0 Å². The average molecular weight is 898 g/mol. The number of carbonyl (C=O) groups is 6. The number of aromatic amines is 1. The highest BCUT2D eigenvalue weighted by atomic mass is 16.6. The van der Waals surface area contributed by atoms with E-state index in [1.807, 2.05) is 75.4 Å². The Bertz CT molecular complexity index is 2220. The van der Waals surface area contributed by atoms with E-state index in [9.17, 15) is 28.8 Å². The fourth-order valence-electron chi connectivity index (χ4n) is 6.74. The number of para-hydroxylation sites is 1. The van der Waals surface area contributed by atoms with Crippen LogP contribution in [0.1, 0.15) is 98.3 Å². The minimum atomic E-state index is -1.30. The minimum Gasteiger partial charge on any atom is -0.488 e. The normalized spacial score (nSPS) is 13.6. The predicted molar refractivity (Wildman–Crippen MR) is 249 cm³/mol. The number of imide groups is 1. The monoisotopic (exact) mass is 898 g/mol. The van der Waals surface area contributed by atoms with Crippen LogP contribution in [0.5, 0.6) is 5.75 Å². The van der Waals surface area contributed by atoms with Crippen LogP contribution in [0.2, 0.25) is 0 Å². The Balaban J connectivity index is 1.62. The highest BCUT2D eigenvalue weighted by Crippen LogP contribution is 2.21. The van der Waals surface area contributed by atoms with Gasteiger partial charge in [0.2, 0.25) is 17.7 Å². The lowest BCUT2D eigenvalue weighted by molar-refractivity contribution is -0.134. The van der Waals surface area contributed by atoms with E-state index in [4.69, 9.17) is 19.9 Å². The molecule has 1 heterocycles. The van der Waals surface area contributed by atoms with Crippen LogP contribution in [-0.2, 0) is 47.9 Å². The Morgan fingerprint density at radius 3 is 1.78 bits per heavy atom. The molecule has 3 aromatic carbocycles. The predicted octanol–water partition coefficient (Wildman–Crippen LogP) is 5.90. The summed E-state index contributed by atoms with van der Waals surface area (Å²) in [4.78, 5) is 84.7. The molecule has 352 valence electrons. The van der Waals surface area contributed by atoms with Gasteiger partial charge in [0.15, 0.2) is 0 Å². The molecule has 16 nitrogen and oxygen atoms in total. The molecule has 4 aromatic rings. The lowest BCUT2D eigenvalue weighted by Crippen LogP contribution is -2.59. The van der Waals surface area contributed by atoms with Gasteiger partial charge in [0, 0.05) is 36.5 Å². The standard InChI is InChI=1S/C49H67N7O9/c1-47(2,3)63-34-24-22-32(23-25-34)28-39(54-41(57)36(50)27-31-17-11-10-12-18-31)43(59)53-38(21-15-16-26-51-45(61)64-48(4,5)6)42(58)55-40(44(60)56-46(62)65-49(7,8)9)29-33-30-52-37-20-14-13-19-35(33)37/h10-14,17-20,22-25,30,36,38-40,52H,15-16,21,26-29,50H2,1-9H3,(H,51,61)(H,53,59)(H,54,57)(H,55,58)(H,56,60,62)/t36-,38-,39-,40-/m0/s1. The number of fused-ring (bicyclic) bond motifs is 1. The van der Waals surface area contributed by atoms with Crippen LogP contribution < -0.4 is 37.1 Å². The van der Waals surface area contributed by atoms with Crippen molar-refractivity contribution in [3.63, 3.8) is 0 Å². The molecule has 4 atom stereocenters. The Morgan fingerprint density at radius 1 is 0.585 bits per heavy atom. The van der Waals surface area contributed by atoms with Crippen molar-refractivity contribution >= 4 is 46.7 Å². The number of carbonyl (C=O) groups excluding carboxylic acids is 6. The fraction of sp³-hybridized carbons (Fsp3) is 0.469. The number of H-pyrrole nitrogens is 1. The van der Waals surface area contributed by atoms with Gasteiger partial charge in [-0.3, -0.25) is 24.5 Å². The van der Waals surface area contributed by atoms with E-state index in [2.05, 4.69) is 31.6 Å². The Hall–Kier alpha value is -6.42. The van der Waals surface area contributed by atoms with Crippen LogP contribution in [0.15, 0.2) is 85.1 Å². The summed E-state index contributed by atoms with van der Waals surface area (Å²) in [5.74, 6) is -2.20. The summed E-state index contributed by atoms with van der Waals surface area (Å²) in [6.45, 7) is 16.2. The molecule has 8 N–H and O–H groups in total. The quantitative estimate of drug-likeness (QED) is 0.0551. The number of nitrogens with two attached hydrogens (primary N) is 1. The highest BCUT2D eigenvalue weighted by molar-refractivity contribution is 5.99. The lowest BCUT2D eigenvalue weighted by Gasteiger charge is -2.26. The zero-order chi connectivity index (χ0) is 48.0. The first-order valence-electron chi connectivity index (χ1n) is 22.0. The second-order valence-electron chi connectivity index (χ2n) is 19.0. The van der Waals surface area contributed by atoms with E-state index in [1.165, 1.54) is 0 Å². The Labute approximate surface area is 381 Å². The van der Waals surface area contributed by atoms with Crippen LogP contribution in [0, 0.1) is 0 Å². The molecule has 0 spiro atoms. The van der Waals surface area contributed by atoms with Gasteiger partial charge >= 0.3 is 12.2 Å². The number of ether oxygens (including phenoxy) is 3. The number of alkyl carbamates (subject to hydrolysis) is 2. The molecule has 16 heteroatoms. The van der Waals surface area contributed by atoms with Crippen molar-refractivity contribution in [2.45, 2.75) is 142 Å². The molecule has 4 rings (SSSR count). The van der Waals surface area contributed by atoms with Gasteiger partial charge in [-0.15, -0.1) is 0 Å². The van der Waals surface area contributed by atoms with Gasteiger partial charge in [-0.1, -0.05) is 60.7 Å². The van der Waals surface area contributed by atoms with E-state index < -0.39 is 76.8 Å². The Morgan fingerprint density at radius 2 is 1.14 bits per heavy atom. The van der Waals surface area contributed by atoms with E-state index in [-0.39, 0.29) is 32.2 Å². The number of nitrogens with one attached hydrogen (secondary N) is 6. The number of benzene rings is 3. The molecule has 0 radical (unpaired) electrons. The summed E-state index contributed by atoms with van der Waals surface area (Å²) >= 11 is 0. The van der Waals surface area contributed by atoms with Crippen LogP contribution in [0.25, 0.3) is 10.9 Å². The van der Waals surface area contributed by atoms with Crippen molar-refractivity contribution in [2.24, 2.45) is 5.73 Å². The Kier molecular flexibility index (Phi) is 18.1. The third-order valence-electron chi connectivity index (χ3n) is 9.63. The second-order valence-corrected chi connectivity index (χ2v) is 19.0. The maximum Gasteiger partial charge on any atom is 0.414 e. The smallest absolute Gasteiger partial charge is 0.414 e. The first-order valence-corrected chi connectivity index (χ1v) is 22.0. The van der Waals surface area contributed by atoms with E-state index in [0.29, 0.717) is 29.7 Å². The molecule has 6 amide bonds. The number of amides is 6. The van der Waals surface area contributed by atoms with Crippen LogP contribution >= 0.6 is 0 Å². The van der Waals surface area contributed by atoms with E-state index in [1.54, 1.807) is 72.0 Å².